The molecule has 0 saturated heterocycles. The van der Waals surface area contributed by atoms with E-state index < -0.39 is 18.4 Å². The molecule has 0 spiro atoms. The molecular weight excluding hydrogens is 347 g/mol. The maximum atomic E-state index is 4.41. The molecule has 0 aromatic heterocycles. The molecule has 0 bridgehead atoms. The molecule has 0 aliphatic heterocycles. The van der Waals surface area contributed by atoms with Gasteiger partial charge in [-0.25, -0.2) is 0 Å². The summed E-state index contributed by atoms with van der Waals surface area (Å²) < 4.78 is 6.29. The van der Waals surface area contributed by atoms with Gasteiger partial charge in [0.15, 0.2) is 0 Å². The molecule has 0 N–H and O–H groups in total. The summed E-state index contributed by atoms with van der Waals surface area (Å²) in [6.45, 7) is 15.3. The second-order valence-electron chi connectivity index (χ2n) is 6.56. The third-order valence-electron chi connectivity index (χ3n) is 4.51. The number of hydrogen-bond donors (Lipinski definition) is 0. The Balaban J connectivity index is 4.72. The van der Waals surface area contributed by atoms with E-state index in [1.165, 1.54) is 49.4 Å². The first kappa shape index (κ1) is 20.3. The molecule has 0 fully saturated rings. The molecule has 0 aromatic carbocycles. The predicted molar refractivity (Wildman–Crippen MR) is 98.3 cm³/mol. The van der Waals surface area contributed by atoms with Gasteiger partial charge < -0.3 is 0 Å². The van der Waals surface area contributed by atoms with Gasteiger partial charge in [-0.3, -0.25) is 0 Å². The molecule has 1 heteroatoms. The van der Waals surface area contributed by atoms with E-state index in [1.54, 1.807) is 18.9 Å². The van der Waals surface area contributed by atoms with Gasteiger partial charge in [0.1, 0.15) is 0 Å². The van der Waals surface area contributed by atoms with Gasteiger partial charge in [0, 0.05) is 0 Å². The summed E-state index contributed by atoms with van der Waals surface area (Å²) in [5, 5.41) is 0. The molecule has 0 atom stereocenters. The van der Waals surface area contributed by atoms with Gasteiger partial charge >= 0.3 is 133 Å². The summed E-state index contributed by atoms with van der Waals surface area (Å²) in [7, 11) is 0. The minimum atomic E-state index is -1.95. The fraction of sp³-hybridized carbons (Fsp3) is 0.789. The Morgan fingerprint density at radius 1 is 0.900 bits per heavy atom. The molecule has 0 aliphatic carbocycles. The van der Waals surface area contributed by atoms with Crippen molar-refractivity contribution in [1.82, 2.24) is 0 Å². The molecule has 118 valence electrons. The van der Waals surface area contributed by atoms with Crippen molar-refractivity contribution < 1.29 is 0 Å². The first-order valence-corrected chi connectivity index (χ1v) is 17.0. The van der Waals surface area contributed by atoms with Crippen LogP contribution in [0.2, 0.25) is 17.7 Å². The number of unbranched alkanes of at least 4 members (excludes halogenated alkanes) is 3. The van der Waals surface area contributed by atoms with E-state index in [4.69, 9.17) is 0 Å². The Bertz CT molecular complexity index is 233. The molecule has 0 rings (SSSR count). The van der Waals surface area contributed by atoms with E-state index in [1.807, 2.05) is 6.08 Å². The SMILES string of the molecule is C=CCCC(=C)[CH2][Sn]([CH2]CCC)([CH2]CCC)[CH2]CCC. The molecule has 0 aromatic rings. The molecular formula is C19H38Sn. The van der Waals surface area contributed by atoms with Crippen molar-refractivity contribution in [3.63, 3.8) is 0 Å². The van der Waals surface area contributed by atoms with Crippen LogP contribution in [0.4, 0.5) is 0 Å². The zero-order chi connectivity index (χ0) is 15.3. The second kappa shape index (κ2) is 13.0. The van der Waals surface area contributed by atoms with Crippen molar-refractivity contribution in [2.45, 2.75) is 89.9 Å². The molecule has 0 nitrogen and oxygen atoms in total. The van der Waals surface area contributed by atoms with Crippen LogP contribution in [0.5, 0.6) is 0 Å². The van der Waals surface area contributed by atoms with Crippen molar-refractivity contribution in [3.05, 3.63) is 24.8 Å². The maximum absolute atomic E-state index is 4.41. The zero-order valence-electron chi connectivity index (χ0n) is 14.5. The van der Waals surface area contributed by atoms with Gasteiger partial charge in [-0.2, -0.15) is 0 Å². The summed E-state index contributed by atoms with van der Waals surface area (Å²) in [6, 6.07) is 0. The van der Waals surface area contributed by atoms with E-state index in [2.05, 4.69) is 33.9 Å². The Kier molecular flexibility index (Phi) is 13.2. The Morgan fingerprint density at radius 2 is 1.35 bits per heavy atom. The number of rotatable bonds is 14. The third kappa shape index (κ3) is 9.26. The molecule has 0 amide bonds. The standard InChI is InChI=1S/C7H11.3C4H9.Sn/c1-4-5-6-7(2)3;3*1-3-4-2;/h4H,1-3,5-6H2;3*1,3-4H2,2H3;. The fourth-order valence-electron chi connectivity index (χ4n) is 3.22. The van der Waals surface area contributed by atoms with Crippen molar-refractivity contribution in [3.8, 4) is 0 Å². The van der Waals surface area contributed by atoms with Gasteiger partial charge in [-0.15, -0.1) is 0 Å². The molecule has 0 saturated carbocycles. The first-order valence-electron chi connectivity index (χ1n) is 8.91. The Hall–Kier alpha value is 0.279. The average molecular weight is 385 g/mol. The third-order valence-corrected chi connectivity index (χ3v) is 20.2. The van der Waals surface area contributed by atoms with Crippen molar-refractivity contribution in [1.29, 1.82) is 0 Å². The number of allylic oxidation sites excluding steroid dienone is 2. The molecule has 0 aliphatic rings. The van der Waals surface area contributed by atoms with Gasteiger partial charge in [0.2, 0.25) is 0 Å². The predicted octanol–water partition coefficient (Wildman–Crippen LogP) is 7.36. The molecule has 0 heterocycles. The van der Waals surface area contributed by atoms with Gasteiger partial charge in [-0.1, -0.05) is 0 Å². The van der Waals surface area contributed by atoms with Crippen LogP contribution >= 0.6 is 0 Å². The normalized spacial score (nSPS) is 11.6. The van der Waals surface area contributed by atoms with Gasteiger partial charge in [0.05, 0.1) is 0 Å². The van der Waals surface area contributed by atoms with E-state index in [0.29, 0.717) is 0 Å². The van der Waals surface area contributed by atoms with E-state index in [0.717, 1.165) is 6.42 Å². The van der Waals surface area contributed by atoms with E-state index in [9.17, 15) is 0 Å². The van der Waals surface area contributed by atoms with E-state index >= 15 is 0 Å². The fourth-order valence-corrected chi connectivity index (χ4v) is 19.9. The average Bonchev–Trinajstić information content (AvgIpc) is 2.46. The van der Waals surface area contributed by atoms with Crippen LogP contribution in [0.25, 0.3) is 0 Å². The summed E-state index contributed by atoms with van der Waals surface area (Å²) in [4.78, 5) is 0. The van der Waals surface area contributed by atoms with Crippen molar-refractivity contribution in [2.24, 2.45) is 0 Å². The van der Waals surface area contributed by atoms with Crippen LogP contribution in [-0.2, 0) is 0 Å². The first-order chi connectivity index (χ1) is 9.64. The van der Waals surface area contributed by atoms with Crippen LogP contribution in [-0.4, -0.2) is 18.4 Å². The summed E-state index contributed by atoms with van der Waals surface area (Å²) in [6.07, 6.45) is 12.9. The minimum absolute atomic E-state index is 1.12. The summed E-state index contributed by atoms with van der Waals surface area (Å²) in [5.41, 5.74) is 1.55. The van der Waals surface area contributed by atoms with Crippen LogP contribution < -0.4 is 0 Å². The Labute approximate surface area is 133 Å². The summed E-state index contributed by atoms with van der Waals surface area (Å²) >= 11 is -1.95. The summed E-state index contributed by atoms with van der Waals surface area (Å²) in [5.74, 6) is 0. The topological polar surface area (TPSA) is 0 Å². The molecule has 0 radical (unpaired) electrons. The zero-order valence-corrected chi connectivity index (χ0v) is 17.3. The number of hydrogen-bond acceptors (Lipinski definition) is 0. The van der Waals surface area contributed by atoms with Crippen LogP contribution in [0.15, 0.2) is 24.8 Å². The van der Waals surface area contributed by atoms with Crippen molar-refractivity contribution >= 4 is 18.4 Å². The molecule has 0 unspecified atom stereocenters. The Morgan fingerprint density at radius 3 is 1.70 bits per heavy atom. The van der Waals surface area contributed by atoms with Gasteiger partial charge in [-0.05, 0) is 0 Å². The monoisotopic (exact) mass is 386 g/mol. The molecule has 20 heavy (non-hydrogen) atoms. The van der Waals surface area contributed by atoms with Crippen LogP contribution in [0.1, 0.15) is 72.1 Å². The quantitative estimate of drug-likeness (QED) is 0.217. The second-order valence-corrected chi connectivity index (χ2v) is 20.4. The van der Waals surface area contributed by atoms with Crippen LogP contribution in [0, 0.1) is 0 Å². The van der Waals surface area contributed by atoms with Gasteiger partial charge in [0.25, 0.3) is 0 Å². The van der Waals surface area contributed by atoms with Crippen LogP contribution in [0.3, 0.4) is 0 Å². The van der Waals surface area contributed by atoms with E-state index in [-0.39, 0.29) is 0 Å². The van der Waals surface area contributed by atoms with Crippen molar-refractivity contribution in [2.75, 3.05) is 0 Å².